The second-order valence-corrected chi connectivity index (χ2v) is 10.4. The molecule has 0 aromatic heterocycles. The van der Waals surface area contributed by atoms with E-state index in [2.05, 4.69) is 54.6 Å². The minimum atomic E-state index is -3.63. The Hall–Kier alpha value is -3.63. The maximum absolute atomic E-state index is 13.8. The summed E-state index contributed by atoms with van der Waals surface area (Å²) in [6.07, 6.45) is 0. The van der Waals surface area contributed by atoms with Crippen LogP contribution in [-0.2, 0) is 9.84 Å². The number of rotatable bonds is 1. The maximum atomic E-state index is 13.8. The fraction of sp³-hybridized carbons (Fsp3) is 0. The summed E-state index contributed by atoms with van der Waals surface area (Å²) in [5, 5.41) is 6.70. The SMILES string of the molecule is O=S1(=O)c2ccccc2B(c2ccccc2)c2c1cc1ccc3cccc4ccc2c1c34. The molecule has 0 aliphatic carbocycles. The van der Waals surface area contributed by atoms with E-state index >= 15 is 0 Å². The molecule has 150 valence electrons. The van der Waals surface area contributed by atoms with Crippen molar-refractivity contribution in [3.05, 3.63) is 103 Å². The van der Waals surface area contributed by atoms with Gasteiger partial charge in [-0.25, -0.2) is 8.42 Å². The molecule has 0 unspecified atom stereocenters. The van der Waals surface area contributed by atoms with Crippen LogP contribution in [0.15, 0.2) is 113 Å². The van der Waals surface area contributed by atoms with Gasteiger partial charge < -0.3 is 0 Å². The number of hydrogen-bond donors (Lipinski definition) is 0. The lowest BCUT2D eigenvalue weighted by atomic mass is 9.36. The molecule has 7 rings (SSSR count). The molecule has 6 aromatic carbocycles. The zero-order valence-electron chi connectivity index (χ0n) is 17.1. The molecule has 6 aromatic rings. The molecule has 0 atom stereocenters. The lowest BCUT2D eigenvalue weighted by Gasteiger charge is -2.29. The molecule has 1 heterocycles. The molecule has 4 heteroatoms. The third kappa shape index (κ3) is 2.22. The van der Waals surface area contributed by atoms with E-state index < -0.39 is 9.84 Å². The van der Waals surface area contributed by atoms with Crippen LogP contribution in [0.2, 0.25) is 0 Å². The van der Waals surface area contributed by atoms with E-state index in [-0.39, 0.29) is 6.71 Å². The molecule has 0 saturated heterocycles. The van der Waals surface area contributed by atoms with Crippen LogP contribution < -0.4 is 16.4 Å². The van der Waals surface area contributed by atoms with E-state index in [4.69, 9.17) is 0 Å². The second-order valence-electron chi connectivity index (χ2n) is 8.53. The Bertz CT molecular complexity index is 1770. The fourth-order valence-corrected chi connectivity index (χ4v) is 7.35. The van der Waals surface area contributed by atoms with Crippen molar-refractivity contribution in [2.24, 2.45) is 0 Å². The molecule has 0 saturated carbocycles. The Morgan fingerprint density at radius 2 is 1.25 bits per heavy atom. The van der Waals surface area contributed by atoms with Crippen molar-refractivity contribution in [3.63, 3.8) is 0 Å². The molecule has 1 aliphatic heterocycles. The number of hydrogen-bond acceptors (Lipinski definition) is 2. The van der Waals surface area contributed by atoms with Crippen molar-refractivity contribution >= 4 is 65.3 Å². The zero-order valence-corrected chi connectivity index (χ0v) is 17.9. The molecular formula is C28H17BO2S. The van der Waals surface area contributed by atoms with Gasteiger partial charge in [0.25, 0.3) is 0 Å². The predicted molar refractivity (Wildman–Crippen MR) is 133 cm³/mol. The van der Waals surface area contributed by atoms with Gasteiger partial charge in [-0.3, -0.25) is 0 Å². The smallest absolute Gasteiger partial charge is 0.219 e. The van der Waals surface area contributed by atoms with E-state index in [1.807, 2.05) is 42.5 Å². The van der Waals surface area contributed by atoms with Crippen LogP contribution in [0.4, 0.5) is 0 Å². The van der Waals surface area contributed by atoms with E-state index in [9.17, 15) is 8.42 Å². The maximum Gasteiger partial charge on any atom is 0.245 e. The monoisotopic (exact) mass is 428 g/mol. The molecular weight excluding hydrogens is 411 g/mol. The summed E-state index contributed by atoms with van der Waals surface area (Å²) >= 11 is 0. The van der Waals surface area contributed by atoms with Gasteiger partial charge in [-0.05, 0) is 55.4 Å². The van der Waals surface area contributed by atoms with Gasteiger partial charge in [0.05, 0.1) is 9.79 Å². The Labute approximate surface area is 186 Å². The molecule has 0 radical (unpaired) electrons. The van der Waals surface area contributed by atoms with E-state index in [0.29, 0.717) is 9.79 Å². The van der Waals surface area contributed by atoms with Crippen molar-refractivity contribution in [2.45, 2.75) is 9.79 Å². The molecule has 32 heavy (non-hydrogen) atoms. The first kappa shape index (κ1) is 18.0. The standard InChI is InChI=1S/C28H17BO2S/c30-32(31)24-12-5-4-11-23(24)29(21-9-2-1-3-10-21)28-22-16-15-19-8-6-7-18-13-14-20(17-25(28)32)27(22)26(18)19/h1-17H. The van der Waals surface area contributed by atoms with Crippen LogP contribution in [-0.4, -0.2) is 15.1 Å². The molecule has 0 fully saturated rings. The van der Waals surface area contributed by atoms with Crippen molar-refractivity contribution < 1.29 is 8.42 Å². The number of sulfone groups is 1. The van der Waals surface area contributed by atoms with Gasteiger partial charge in [-0.15, -0.1) is 0 Å². The Kier molecular flexibility index (Phi) is 3.49. The van der Waals surface area contributed by atoms with E-state index in [1.54, 1.807) is 6.07 Å². The van der Waals surface area contributed by atoms with Crippen LogP contribution in [0.25, 0.3) is 32.3 Å². The Morgan fingerprint density at radius 3 is 2.06 bits per heavy atom. The quantitative estimate of drug-likeness (QED) is 0.290. The second kappa shape index (κ2) is 6.21. The number of fused-ring (bicyclic) bond motifs is 3. The van der Waals surface area contributed by atoms with Crippen molar-refractivity contribution in [1.82, 2.24) is 0 Å². The Balaban J connectivity index is 1.73. The van der Waals surface area contributed by atoms with Crippen molar-refractivity contribution in [2.75, 3.05) is 0 Å². The first-order valence-electron chi connectivity index (χ1n) is 10.7. The zero-order chi connectivity index (χ0) is 21.4. The Morgan fingerprint density at radius 1 is 0.562 bits per heavy atom. The van der Waals surface area contributed by atoms with Gasteiger partial charge in [-0.1, -0.05) is 96.5 Å². The molecule has 0 amide bonds. The van der Waals surface area contributed by atoms with Gasteiger partial charge in [0.15, 0.2) is 0 Å². The highest BCUT2D eigenvalue weighted by molar-refractivity contribution is 7.92. The minimum absolute atomic E-state index is 0.143. The van der Waals surface area contributed by atoms with E-state index in [1.165, 1.54) is 16.2 Å². The minimum Gasteiger partial charge on any atom is -0.219 e. The summed E-state index contributed by atoms with van der Waals surface area (Å²) in [7, 11) is -3.63. The topological polar surface area (TPSA) is 34.1 Å². The first-order chi connectivity index (χ1) is 15.6. The first-order valence-corrected chi connectivity index (χ1v) is 12.2. The third-order valence-corrected chi connectivity index (χ3v) is 8.75. The van der Waals surface area contributed by atoms with Gasteiger partial charge in [0, 0.05) is 0 Å². The summed E-state index contributed by atoms with van der Waals surface area (Å²) in [6, 6.07) is 34.3. The molecule has 0 N–H and O–H groups in total. The summed E-state index contributed by atoms with van der Waals surface area (Å²) in [6.45, 7) is -0.143. The predicted octanol–water partition coefficient (Wildman–Crippen LogP) is 4.25. The van der Waals surface area contributed by atoms with Crippen LogP contribution in [0.3, 0.4) is 0 Å². The lowest BCUT2D eigenvalue weighted by molar-refractivity contribution is 0.597. The van der Waals surface area contributed by atoms with Crippen LogP contribution in [0.1, 0.15) is 0 Å². The lowest BCUT2D eigenvalue weighted by Crippen LogP contribution is -2.58. The van der Waals surface area contributed by atoms with E-state index in [0.717, 1.165) is 32.5 Å². The molecule has 0 spiro atoms. The van der Waals surface area contributed by atoms with Gasteiger partial charge >= 0.3 is 0 Å². The van der Waals surface area contributed by atoms with Gasteiger partial charge in [0.1, 0.15) is 0 Å². The summed E-state index contributed by atoms with van der Waals surface area (Å²) < 4.78 is 27.7. The fourth-order valence-electron chi connectivity index (χ4n) is 5.56. The van der Waals surface area contributed by atoms with Crippen molar-refractivity contribution in [1.29, 1.82) is 0 Å². The summed E-state index contributed by atoms with van der Waals surface area (Å²) in [4.78, 5) is 0.838. The molecule has 1 aliphatic rings. The van der Waals surface area contributed by atoms with Gasteiger partial charge in [0.2, 0.25) is 16.6 Å². The highest BCUT2D eigenvalue weighted by atomic mass is 32.2. The third-order valence-electron chi connectivity index (χ3n) is 6.88. The number of benzene rings is 6. The van der Waals surface area contributed by atoms with Crippen LogP contribution in [0.5, 0.6) is 0 Å². The average Bonchev–Trinajstić information content (AvgIpc) is 2.83. The molecule has 2 nitrogen and oxygen atoms in total. The highest BCUT2D eigenvalue weighted by Gasteiger charge is 2.40. The average molecular weight is 428 g/mol. The van der Waals surface area contributed by atoms with Gasteiger partial charge in [-0.2, -0.15) is 0 Å². The summed E-state index contributed by atoms with van der Waals surface area (Å²) in [5.74, 6) is 0. The molecule has 0 bridgehead atoms. The van der Waals surface area contributed by atoms with Crippen LogP contribution in [0, 0.1) is 0 Å². The van der Waals surface area contributed by atoms with Crippen molar-refractivity contribution in [3.8, 4) is 0 Å². The van der Waals surface area contributed by atoms with Crippen LogP contribution >= 0.6 is 0 Å². The normalized spacial score (nSPS) is 14.7. The summed E-state index contributed by atoms with van der Waals surface area (Å²) in [5.41, 5.74) is 2.84. The largest absolute Gasteiger partial charge is 0.245 e. The highest BCUT2D eigenvalue weighted by Crippen LogP contribution is 2.37.